The SMILES string of the molecule is Cc1ccc(OCC(O)CNCC2CCSCC2)c(C)c1. The molecule has 1 aliphatic heterocycles. The number of aliphatic hydroxyl groups excluding tert-OH is 1. The Bertz CT molecular complexity index is 433. The highest BCUT2D eigenvalue weighted by molar-refractivity contribution is 7.99. The number of nitrogens with one attached hydrogen (secondary N) is 1. The van der Waals surface area contributed by atoms with Crippen LogP contribution in [0.5, 0.6) is 5.75 Å². The predicted octanol–water partition coefficient (Wildman–Crippen LogP) is 2.78. The van der Waals surface area contributed by atoms with Gasteiger partial charge in [0.2, 0.25) is 0 Å². The fourth-order valence-corrected chi connectivity index (χ4v) is 3.81. The third kappa shape index (κ3) is 5.89. The van der Waals surface area contributed by atoms with E-state index in [0.717, 1.165) is 23.8 Å². The van der Waals surface area contributed by atoms with Crippen molar-refractivity contribution in [3.05, 3.63) is 29.3 Å². The number of aliphatic hydroxyl groups is 1. The minimum atomic E-state index is -0.455. The zero-order chi connectivity index (χ0) is 15.1. The van der Waals surface area contributed by atoms with Crippen molar-refractivity contribution in [3.8, 4) is 5.75 Å². The molecule has 1 unspecified atom stereocenters. The Kier molecular flexibility index (Phi) is 6.87. The first kappa shape index (κ1) is 16.7. The molecule has 0 saturated carbocycles. The summed E-state index contributed by atoms with van der Waals surface area (Å²) in [4.78, 5) is 0. The minimum absolute atomic E-state index is 0.345. The van der Waals surface area contributed by atoms with Gasteiger partial charge in [-0.25, -0.2) is 0 Å². The summed E-state index contributed by atoms with van der Waals surface area (Å²) in [6.45, 7) is 6.07. The molecule has 0 radical (unpaired) electrons. The molecule has 0 aliphatic carbocycles. The maximum atomic E-state index is 9.99. The fraction of sp³-hybridized carbons (Fsp3) is 0.647. The first-order valence-corrected chi connectivity index (χ1v) is 8.97. The number of ether oxygens (including phenoxy) is 1. The number of hydrogen-bond donors (Lipinski definition) is 2. The molecule has 21 heavy (non-hydrogen) atoms. The topological polar surface area (TPSA) is 41.5 Å². The van der Waals surface area contributed by atoms with Crippen molar-refractivity contribution in [1.29, 1.82) is 0 Å². The van der Waals surface area contributed by atoms with Crippen LogP contribution in [-0.2, 0) is 0 Å². The molecular weight excluding hydrogens is 282 g/mol. The minimum Gasteiger partial charge on any atom is -0.491 e. The van der Waals surface area contributed by atoms with E-state index in [4.69, 9.17) is 4.74 Å². The van der Waals surface area contributed by atoms with Crippen LogP contribution in [0.25, 0.3) is 0 Å². The largest absolute Gasteiger partial charge is 0.491 e. The fourth-order valence-electron chi connectivity index (χ4n) is 2.61. The summed E-state index contributed by atoms with van der Waals surface area (Å²) in [6, 6.07) is 6.11. The summed E-state index contributed by atoms with van der Waals surface area (Å²) in [5, 5.41) is 13.4. The molecular formula is C17H27NO2S. The molecule has 1 aliphatic rings. The molecule has 0 aromatic heterocycles. The van der Waals surface area contributed by atoms with Crippen LogP contribution in [0.1, 0.15) is 24.0 Å². The van der Waals surface area contributed by atoms with Crippen molar-refractivity contribution in [1.82, 2.24) is 5.32 Å². The van der Waals surface area contributed by atoms with Gasteiger partial charge in [-0.1, -0.05) is 17.7 Å². The Labute approximate surface area is 132 Å². The van der Waals surface area contributed by atoms with Gasteiger partial charge in [0.25, 0.3) is 0 Å². The van der Waals surface area contributed by atoms with Crippen LogP contribution < -0.4 is 10.1 Å². The molecule has 1 atom stereocenters. The Hall–Kier alpha value is -0.710. The molecule has 118 valence electrons. The maximum absolute atomic E-state index is 9.99. The van der Waals surface area contributed by atoms with Gasteiger partial charge >= 0.3 is 0 Å². The second kappa shape index (κ2) is 8.66. The molecule has 2 N–H and O–H groups in total. The van der Waals surface area contributed by atoms with Crippen LogP contribution in [0.15, 0.2) is 18.2 Å². The van der Waals surface area contributed by atoms with Gasteiger partial charge in [0.05, 0.1) is 0 Å². The monoisotopic (exact) mass is 309 g/mol. The van der Waals surface area contributed by atoms with Gasteiger partial charge in [-0.15, -0.1) is 0 Å². The molecule has 4 heteroatoms. The van der Waals surface area contributed by atoms with Crippen LogP contribution >= 0.6 is 11.8 Å². The Morgan fingerprint density at radius 2 is 2.10 bits per heavy atom. The Balaban J connectivity index is 1.63. The van der Waals surface area contributed by atoms with E-state index in [1.54, 1.807) is 0 Å². The van der Waals surface area contributed by atoms with E-state index in [0.29, 0.717) is 13.2 Å². The van der Waals surface area contributed by atoms with E-state index < -0.39 is 6.10 Å². The van der Waals surface area contributed by atoms with Gasteiger partial charge in [0.1, 0.15) is 18.5 Å². The molecule has 1 aromatic carbocycles. The Morgan fingerprint density at radius 3 is 2.81 bits per heavy atom. The van der Waals surface area contributed by atoms with Crippen molar-refractivity contribution < 1.29 is 9.84 Å². The average Bonchev–Trinajstić information content (AvgIpc) is 2.47. The first-order chi connectivity index (χ1) is 10.1. The lowest BCUT2D eigenvalue weighted by Gasteiger charge is -2.22. The molecule has 2 rings (SSSR count). The highest BCUT2D eigenvalue weighted by Gasteiger charge is 2.14. The van der Waals surface area contributed by atoms with E-state index in [-0.39, 0.29) is 0 Å². The van der Waals surface area contributed by atoms with Crippen LogP contribution in [-0.4, -0.2) is 42.4 Å². The van der Waals surface area contributed by atoms with Gasteiger partial charge in [-0.05, 0) is 62.3 Å². The standard InChI is InChI=1S/C17H27NO2S/c1-13-3-4-17(14(2)9-13)20-12-16(19)11-18-10-15-5-7-21-8-6-15/h3-4,9,15-16,18-19H,5-8,10-12H2,1-2H3. The number of thioether (sulfide) groups is 1. The molecule has 1 heterocycles. The average molecular weight is 309 g/mol. The van der Waals surface area contributed by atoms with E-state index in [2.05, 4.69) is 18.3 Å². The van der Waals surface area contributed by atoms with Crippen molar-refractivity contribution in [2.45, 2.75) is 32.8 Å². The molecule has 3 nitrogen and oxygen atoms in total. The summed E-state index contributed by atoms with van der Waals surface area (Å²) in [5.74, 6) is 4.21. The molecule has 1 aromatic rings. The summed E-state index contributed by atoms with van der Waals surface area (Å²) in [5.41, 5.74) is 2.35. The third-order valence-corrected chi connectivity index (χ3v) is 4.96. The summed E-state index contributed by atoms with van der Waals surface area (Å²) in [6.07, 6.45) is 2.14. The second-order valence-corrected chi connectivity index (χ2v) is 7.17. The molecule has 0 bridgehead atoms. The number of rotatable bonds is 7. The number of benzene rings is 1. The highest BCUT2D eigenvalue weighted by Crippen LogP contribution is 2.22. The number of hydrogen-bond acceptors (Lipinski definition) is 4. The van der Waals surface area contributed by atoms with Crippen LogP contribution in [0.2, 0.25) is 0 Å². The van der Waals surface area contributed by atoms with Gasteiger partial charge in [-0.3, -0.25) is 0 Å². The van der Waals surface area contributed by atoms with Crippen LogP contribution in [0, 0.1) is 19.8 Å². The lowest BCUT2D eigenvalue weighted by atomic mass is 10.0. The van der Waals surface area contributed by atoms with E-state index in [9.17, 15) is 5.11 Å². The van der Waals surface area contributed by atoms with E-state index in [1.807, 2.05) is 30.8 Å². The van der Waals surface area contributed by atoms with Crippen molar-refractivity contribution >= 4 is 11.8 Å². The highest BCUT2D eigenvalue weighted by atomic mass is 32.2. The molecule has 0 spiro atoms. The second-order valence-electron chi connectivity index (χ2n) is 5.95. The molecule has 1 saturated heterocycles. The maximum Gasteiger partial charge on any atom is 0.122 e. The van der Waals surface area contributed by atoms with Crippen molar-refractivity contribution in [2.24, 2.45) is 5.92 Å². The van der Waals surface area contributed by atoms with Crippen LogP contribution in [0.4, 0.5) is 0 Å². The van der Waals surface area contributed by atoms with Gasteiger partial charge in [-0.2, -0.15) is 11.8 Å². The zero-order valence-corrected chi connectivity index (χ0v) is 13.9. The Morgan fingerprint density at radius 1 is 1.33 bits per heavy atom. The van der Waals surface area contributed by atoms with Crippen LogP contribution in [0.3, 0.4) is 0 Å². The summed E-state index contributed by atoms with van der Waals surface area (Å²) >= 11 is 2.05. The lowest BCUT2D eigenvalue weighted by Crippen LogP contribution is -2.35. The predicted molar refractivity (Wildman–Crippen MR) is 90.3 cm³/mol. The summed E-state index contributed by atoms with van der Waals surface area (Å²) in [7, 11) is 0. The number of aryl methyl sites for hydroxylation is 2. The summed E-state index contributed by atoms with van der Waals surface area (Å²) < 4.78 is 5.70. The van der Waals surface area contributed by atoms with E-state index >= 15 is 0 Å². The van der Waals surface area contributed by atoms with E-state index in [1.165, 1.54) is 29.9 Å². The zero-order valence-electron chi connectivity index (χ0n) is 13.1. The quantitative estimate of drug-likeness (QED) is 0.813. The molecule has 0 amide bonds. The van der Waals surface area contributed by atoms with Gasteiger partial charge in [0.15, 0.2) is 0 Å². The first-order valence-electron chi connectivity index (χ1n) is 7.81. The third-order valence-electron chi connectivity index (χ3n) is 3.92. The molecule has 1 fully saturated rings. The lowest BCUT2D eigenvalue weighted by molar-refractivity contribution is 0.105. The van der Waals surface area contributed by atoms with Gasteiger partial charge < -0.3 is 15.2 Å². The van der Waals surface area contributed by atoms with Crippen molar-refractivity contribution in [3.63, 3.8) is 0 Å². The van der Waals surface area contributed by atoms with Gasteiger partial charge in [0, 0.05) is 6.54 Å². The van der Waals surface area contributed by atoms with Crippen molar-refractivity contribution in [2.75, 3.05) is 31.2 Å². The smallest absolute Gasteiger partial charge is 0.122 e. The normalized spacial score (nSPS) is 17.7.